The number of aryl methyl sites for hydroxylation is 3. The molecule has 0 radical (unpaired) electrons. The Morgan fingerprint density at radius 3 is 2.24 bits per heavy atom. The zero-order valence-corrected chi connectivity index (χ0v) is 10.6. The summed E-state index contributed by atoms with van der Waals surface area (Å²) in [4.78, 5) is 4.49. The van der Waals surface area contributed by atoms with Crippen molar-refractivity contribution in [3.63, 3.8) is 0 Å². The minimum atomic E-state index is 0.771. The predicted molar refractivity (Wildman–Crippen MR) is 72.2 cm³/mol. The summed E-state index contributed by atoms with van der Waals surface area (Å²) < 4.78 is 0. The molecule has 1 heterocycles. The molecule has 2 aromatic rings. The standard InChI is InChI=1S/C15H18N2/c1-11-6-4-7-12(2)15(11)16-10-14-9-5-8-13(3)17-14/h4-9,16H,10H2,1-3H3. The number of nitrogens with one attached hydrogen (secondary N) is 1. The Kier molecular flexibility index (Phi) is 3.43. The van der Waals surface area contributed by atoms with E-state index in [1.165, 1.54) is 16.8 Å². The number of aromatic nitrogens is 1. The Bertz CT molecular complexity index is 498. The zero-order chi connectivity index (χ0) is 12.3. The first-order valence-electron chi connectivity index (χ1n) is 5.89. The van der Waals surface area contributed by atoms with Crippen LogP contribution in [0, 0.1) is 20.8 Å². The molecule has 0 spiro atoms. The minimum Gasteiger partial charge on any atom is -0.379 e. The Hall–Kier alpha value is -1.83. The molecule has 1 N–H and O–H groups in total. The molecule has 0 aliphatic rings. The Morgan fingerprint density at radius 1 is 0.941 bits per heavy atom. The van der Waals surface area contributed by atoms with Gasteiger partial charge in [-0.15, -0.1) is 0 Å². The van der Waals surface area contributed by atoms with Crippen molar-refractivity contribution in [3.8, 4) is 0 Å². The number of rotatable bonds is 3. The molecule has 2 nitrogen and oxygen atoms in total. The van der Waals surface area contributed by atoms with E-state index in [1.807, 2.05) is 25.1 Å². The fraction of sp³-hybridized carbons (Fsp3) is 0.267. The molecule has 0 atom stereocenters. The number of para-hydroxylation sites is 1. The number of benzene rings is 1. The van der Waals surface area contributed by atoms with E-state index < -0.39 is 0 Å². The van der Waals surface area contributed by atoms with Gasteiger partial charge in [0.05, 0.1) is 12.2 Å². The molecule has 0 unspecified atom stereocenters. The second kappa shape index (κ2) is 5.00. The van der Waals surface area contributed by atoms with E-state index in [4.69, 9.17) is 0 Å². The highest BCUT2D eigenvalue weighted by molar-refractivity contribution is 5.56. The van der Waals surface area contributed by atoms with Crippen LogP contribution in [0.3, 0.4) is 0 Å². The van der Waals surface area contributed by atoms with Crippen molar-refractivity contribution >= 4 is 5.69 Å². The van der Waals surface area contributed by atoms with Crippen molar-refractivity contribution in [2.24, 2.45) is 0 Å². The van der Waals surface area contributed by atoms with Crippen LogP contribution in [0.4, 0.5) is 5.69 Å². The molecule has 0 saturated carbocycles. The first-order chi connectivity index (χ1) is 8.16. The van der Waals surface area contributed by atoms with E-state index in [9.17, 15) is 0 Å². The number of anilines is 1. The topological polar surface area (TPSA) is 24.9 Å². The van der Waals surface area contributed by atoms with Crippen LogP contribution in [-0.4, -0.2) is 4.98 Å². The van der Waals surface area contributed by atoms with Gasteiger partial charge in [-0.05, 0) is 44.0 Å². The summed E-state index contributed by atoms with van der Waals surface area (Å²) in [7, 11) is 0. The van der Waals surface area contributed by atoms with Gasteiger partial charge in [0.1, 0.15) is 0 Å². The molecule has 0 bridgehead atoms. The van der Waals surface area contributed by atoms with E-state index >= 15 is 0 Å². The van der Waals surface area contributed by atoms with E-state index in [2.05, 4.69) is 42.3 Å². The van der Waals surface area contributed by atoms with Gasteiger partial charge in [-0.1, -0.05) is 24.3 Å². The van der Waals surface area contributed by atoms with Crippen molar-refractivity contribution in [2.45, 2.75) is 27.3 Å². The van der Waals surface area contributed by atoms with Crippen molar-refractivity contribution in [1.82, 2.24) is 4.98 Å². The second-order valence-corrected chi connectivity index (χ2v) is 4.39. The molecular formula is C15H18N2. The maximum absolute atomic E-state index is 4.49. The maximum Gasteiger partial charge on any atom is 0.0597 e. The van der Waals surface area contributed by atoms with E-state index in [0.717, 1.165) is 17.9 Å². The third-order valence-electron chi connectivity index (χ3n) is 2.87. The summed E-state index contributed by atoms with van der Waals surface area (Å²) in [6.07, 6.45) is 0. The molecule has 0 aliphatic carbocycles. The maximum atomic E-state index is 4.49. The molecule has 2 heteroatoms. The summed E-state index contributed by atoms with van der Waals surface area (Å²) >= 11 is 0. The number of hydrogen-bond acceptors (Lipinski definition) is 2. The number of pyridine rings is 1. The molecule has 0 amide bonds. The van der Waals surface area contributed by atoms with E-state index in [-0.39, 0.29) is 0 Å². The summed E-state index contributed by atoms with van der Waals surface area (Å²) in [5.74, 6) is 0. The van der Waals surface area contributed by atoms with Crippen LogP contribution in [0.1, 0.15) is 22.5 Å². The van der Waals surface area contributed by atoms with Gasteiger partial charge in [-0.25, -0.2) is 0 Å². The molecule has 88 valence electrons. The summed E-state index contributed by atoms with van der Waals surface area (Å²) in [6, 6.07) is 12.4. The fourth-order valence-corrected chi connectivity index (χ4v) is 1.97. The van der Waals surface area contributed by atoms with Crippen LogP contribution < -0.4 is 5.32 Å². The fourth-order valence-electron chi connectivity index (χ4n) is 1.97. The van der Waals surface area contributed by atoms with Crippen molar-refractivity contribution in [2.75, 3.05) is 5.32 Å². The zero-order valence-electron chi connectivity index (χ0n) is 10.6. The Balaban J connectivity index is 2.13. The van der Waals surface area contributed by atoms with Crippen LogP contribution in [0.15, 0.2) is 36.4 Å². The number of hydrogen-bond donors (Lipinski definition) is 1. The lowest BCUT2D eigenvalue weighted by Gasteiger charge is -2.12. The smallest absolute Gasteiger partial charge is 0.0597 e. The normalized spacial score (nSPS) is 10.3. The van der Waals surface area contributed by atoms with Crippen molar-refractivity contribution in [1.29, 1.82) is 0 Å². The molecule has 1 aromatic carbocycles. The molecule has 17 heavy (non-hydrogen) atoms. The van der Waals surface area contributed by atoms with Gasteiger partial charge in [0.2, 0.25) is 0 Å². The molecule has 1 aromatic heterocycles. The van der Waals surface area contributed by atoms with E-state index in [1.54, 1.807) is 0 Å². The Morgan fingerprint density at radius 2 is 1.59 bits per heavy atom. The minimum absolute atomic E-state index is 0.771. The third kappa shape index (κ3) is 2.84. The van der Waals surface area contributed by atoms with Crippen molar-refractivity contribution < 1.29 is 0 Å². The van der Waals surface area contributed by atoms with Gasteiger partial charge in [-0.3, -0.25) is 4.98 Å². The van der Waals surface area contributed by atoms with Gasteiger partial charge < -0.3 is 5.32 Å². The lowest BCUT2D eigenvalue weighted by Crippen LogP contribution is -2.04. The third-order valence-corrected chi connectivity index (χ3v) is 2.87. The highest BCUT2D eigenvalue weighted by atomic mass is 14.9. The lowest BCUT2D eigenvalue weighted by atomic mass is 10.1. The number of nitrogens with zero attached hydrogens (tertiary/aromatic N) is 1. The van der Waals surface area contributed by atoms with Gasteiger partial charge >= 0.3 is 0 Å². The van der Waals surface area contributed by atoms with E-state index in [0.29, 0.717) is 0 Å². The average Bonchev–Trinajstić information content (AvgIpc) is 2.28. The van der Waals surface area contributed by atoms with Crippen LogP contribution in [0.2, 0.25) is 0 Å². The predicted octanol–water partition coefficient (Wildman–Crippen LogP) is 3.62. The SMILES string of the molecule is Cc1cccc(CNc2c(C)cccc2C)n1. The molecular weight excluding hydrogens is 208 g/mol. The summed E-state index contributed by atoms with van der Waals surface area (Å²) in [6.45, 7) is 7.04. The lowest BCUT2D eigenvalue weighted by molar-refractivity contribution is 1.01. The van der Waals surface area contributed by atoms with Gasteiger partial charge in [-0.2, -0.15) is 0 Å². The van der Waals surface area contributed by atoms with Crippen molar-refractivity contribution in [3.05, 3.63) is 58.9 Å². The first kappa shape index (κ1) is 11.6. The largest absolute Gasteiger partial charge is 0.379 e. The monoisotopic (exact) mass is 226 g/mol. The summed E-state index contributed by atoms with van der Waals surface area (Å²) in [5.41, 5.74) is 5.91. The highest BCUT2D eigenvalue weighted by Crippen LogP contribution is 2.19. The van der Waals surface area contributed by atoms with Gasteiger partial charge in [0, 0.05) is 11.4 Å². The summed E-state index contributed by atoms with van der Waals surface area (Å²) in [5, 5.41) is 3.46. The Labute approximate surface area is 103 Å². The molecule has 2 rings (SSSR count). The van der Waals surface area contributed by atoms with Crippen LogP contribution in [0.25, 0.3) is 0 Å². The average molecular weight is 226 g/mol. The van der Waals surface area contributed by atoms with Crippen LogP contribution >= 0.6 is 0 Å². The van der Waals surface area contributed by atoms with Gasteiger partial charge in [0.25, 0.3) is 0 Å². The van der Waals surface area contributed by atoms with Gasteiger partial charge in [0.15, 0.2) is 0 Å². The molecule has 0 saturated heterocycles. The first-order valence-corrected chi connectivity index (χ1v) is 5.89. The van der Waals surface area contributed by atoms with Crippen LogP contribution in [0.5, 0.6) is 0 Å². The highest BCUT2D eigenvalue weighted by Gasteiger charge is 2.01. The van der Waals surface area contributed by atoms with Crippen LogP contribution in [-0.2, 0) is 6.54 Å². The quantitative estimate of drug-likeness (QED) is 0.864. The molecule has 0 aliphatic heterocycles. The molecule has 0 fully saturated rings. The second-order valence-electron chi connectivity index (χ2n) is 4.39.